The zero-order valence-corrected chi connectivity index (χ0v) is 18.3. The van der Waals surface area contributed by atoms with E-state index in [1.807, 2.05) is 0 Å². The summed E-state index contributed by atoms with van der Waals surface area (Å²) in [6, 6.07) is 0. The van der Waals surface area contributed by atoms with E-state index >= 15 is 0 Å². The number of likely N-dealkylation sites (N-methyl/N-ethyl adjacent to an activating group) is 1. The second-order valence-electron chi connectivity index (χ2n) is 5.75. The molecule has 0 spiro atoms. The van der Waals surface area contributed by atoms with Gasteiger partial charge in [-0.15, -0.1) is 0 Å². The van der Waals surface area contributed by atoms with Gasteiger partial charge in [0.1, 0.15) is 13.2 Å². The Morgan fingerprint density at radius 1 is 0.933 bits per heavy atom. The summed E-state index contributed by atoms with van der Waals surface area (Å²) in [6.07, 6.45) is -1.07. The highest BCUT2D eigenvalue weighted by atomic mass is 31.2. The molecule has 0 aliphatic carbocycles. The van der Waals surface area contributed by atoms with Crippen LogP contribution in [0.3, 0.4) is 0 Å². The molecular weight excluding hydrogens is 427 g/mol. The summed E-state index contributed by atoms with van der Waals surface area (Å²) in [5.74, 6) is -1.73. The van der Waals surface area contributed by atoms with Gasteiger partial charge in [0.05, 0.1) is 33.0 Å². The number of amides is 1. The number of carbonyl (C=O) groups is 3. The summed E-state index contributed by atoms with van der Waals surface area (Å²) >= 11 is 0. The summed E-state index contributed by atoms with van der Waals surface area (Å²) in [5, 5.41) is 5.36. The predicted molar refractivity (Wildman–Crippen MR) is 102 cm³/mol. The molecule has 0 bridgehead atoms. The molecule has 0 aromatic rings. The van der Waals surface area contributed by atoms with Crippen LogP contribution in [0.15, 0.2) is 0 Å². The second kappa shape index (κ2) is 17.1. The Morgan fingerprint density at radius 2 is 1.63 bits per heavy atom. The van der Waals surface area contributed by atoms with Gasteiger partial charge in [-0.1, -0.05) is 0 Å². The van der Waals surface area contributed by atoms with E-state index in [9.17, 15) is 23.8 Å². The number of esters is 2. The van der Waals surface area contributed by atoms with Crippen LogP contribution in [0, 0.1) is 0 Å². The highest BCUT2D eigenvalue weighted by Crippen LogP contribution is 2.43. The number of phosphoric acid groups is 1. The monoisotopic (exact) mass is 458 g/mol. The van der Waals surface area contributed by atoms with Gasteiger partial charge in [-0.25, -0.2) is 4.57 Å². The molecule has 3 N–H and O–H groups in total. The van der Waals surface area contributed by atoms with Crippen LogP contribution in [-0.4, -0.2) is 95.2 Å². The topological polar surface area (TPSA) is 168 Å². The van der Waals surface area contributed by atoms with Gasteiger partial charge in [-0.2, -0.15) is 0 Å². The average Bonchev–Trinajstić information content (AvgIpc) is 2.66. The first kappa shape index (κ1) is 28.4. The molecule has 0 aromatic heterocycles. The molecule has 1 unspecified atom stereocenters. The molecule has 0 aliphatic rings. The number of hydrogen-bond acceptors (Lipinski definition) is 11. The number of carbonyl (C=O) groups excluding carboxylic acids is 3. The Labute approximate surface area is 175 Å². The van der Waals surface area contributed by atoms with Gasteiger partial charge in [-0.3, -0.25) is 23.4 Å². The molecule has 0 heterocycles. The molecule has 1 amide bonds. The molecule has 14 heteroatoms. The van der Waals surface area contributed by atoms with Crippen LogP contribution in [0.5, 0.6) is 0 Å². The number of hydrogen-bond donors (Lipinski definition) is 3. The van der Waals surface area contributed by atoms with Crippen molar-refractivity contribution in [3.05, 3.63) is 0 Å². The third-order valence-corrected chi connectivity index (χ3v) is 3.99. The molecule has 0 saturated carbocycles. The van der Waals surface area contributed by atoms with E-state index in [0.29, 0.717) is 13.2 Å². The molecule has 2 atom stereocenters. The zero-order valence-electron chi connectivity index (χ0n) is 17.4. The van der Waals surface area contributed by atoms with Gasteiger partial charge in [0.2, 0.25) is 5.91 Å². The maximum Gasteiger partial charge on any atom is 0.472 e. The summed E-state index contributed by atoms with van der Waals surface area (Å²) < 4.78 is 41.0. The van der Waals surface area contributed by atoms with E-state index in [2.05, 4.69) is 15.4 Å². The van der Waals surface area contributed by atoms with Crippen molar-refractivity contribution in [2.75, 3.05) is 66.4 Å². The minimum absolute atomic E-state index is 0.0599. The summed E-state index contributed by atoms with van der Waals surface area (Å²) in [4.78, 5) is 43.0. The maximum absolute atomic E-state index is 11.8. The first-order valence-corrected chi connectivity index (χ1v) is 10.6. The molecule has 13 nitrogen and oxygen atoms in total. The van der Waals surface area contributed by atoms with Crippen molar-refractivity contribution in [2.24, 2.45) is 0 Å². The number of phosphoric ester groups is 1. The fraction of sp³-hybridized carbons (Fsp3) is 0.812. The van der Waals surface area contributed by atoms with Crippen molar-refractivity contribution in [1.82, 2.24) is 10.6 Å². The third-order valence-electron chi connectivity index (χ3n) is 3.01. The third kappa shape index (κ3) is 18.4. The van der Waals surface area contributed by atoms with Gasteiger partial charge < -0.3 is 34.5 Å². The van der Waals surface area contributed by atoms with Crippen molar-refractivity contribution < 1.29 is 51.8 Å². The van der Waals surface area contributed by atoms with E-state index in [-0.39, 0.29) is 33.0 Å². The first-order valence-electron chi connectivity index (χ1n) is 9.15. The first-order chi connectivity index (χ1) is 14.2. The molecule has 0 fully saturated rings. The summed E-state index contributed by atoms with van der Waals surface area (Å²) in [5.41, 5.74) is 0. The van der Waals surface area contributed by atoms with Crippen LogP contribution in [0.25, 0.3) is 0 Å². The second-order valence-corrected chi connectivity index (χ2v) is 7.20. The zero-order chi connectivity index (χ0) is 22.8. The molecule has 176 valence electrons. The minimum atomic E-state index is -4.47. The van der Waals surface area contributed by atoms with Gasteiger partial charge in [0.15, 0.2) is 6.10 Å². The van der Waals surface area contributed by atoms with Crippen molar-refractivity contribution >= 4 is 25.7 Å². The SMILES string of the molecule is CNCCOCCOCC(=O)NCCOP(=O)(O)OC[C@@H](COC(C)=O)OC(C)=O. The Bertz CT molecular complexity index is 561. The molecular formula is C16H31N2O11P. The van der Waals surface area contributed by atoms with E-state index in [0.717, 1.165) is 20.4 Å². The largest absolute Gasteiger partial charge is 0.472 e. The Kier molecular flexibility index (Phi) is 16.2. The fourth-order valence-electron chi connectivity index (χ4n) is 1.74. The lowest BCUT2D eigenvalue weighted by Crippen LogP contribution is -2.31. The van der Waals surface area contributed by atoms with Crippen LogP contribution >= 0.6 is 7.82 Å². The normalized spacial score (nSPS) is 13.9. The standard InChI is InChI=1S/C16H31N2O11P/c1-13(19)26-10-15(29-14(2)20)11-28-30(22,23)27-7-5-18-16(21)12-25-9-8-24-6-4-17-3/h15,17H,4-12H2,1-3H3,(H,18,21)(H,22,23)/t15-/m1/s1. The van der Waals surface area contributed by atoms with Crippen LogP contribution < -0.4 is 10.6 Å². The van der Waals surface area contributed by atoms with Gasteiger partial charge in [-0.05, 0) is 7.05 Å². The van der Waals surface area contributed by atoms with Crippen LogP contribution in [0.4, 0.5) is 0 Å². The lowest BCUT2D eigenvalue weighted by molar-refractivity contribution is -0.158. The van der Waals surface area contributed by atoms with E-state index in [1.54, 1.807) is 7.05 Å². The molecule has 0 aromatic carbocycles. The van der Waals surface area contributed by atoms with E-state index in [4.69, 9.17) is 23.3 Å². The summed E-state index contributed by atoms with van der Waals surface area (Å²) in [6.45, 7) is 2.71. The number of rotatable bonds is 18. The van der Waals surface area contributed by atoms with Gasteiger partial charge in [0.25, 0.3) is 0 Å². The maximum atomic E-state index is 11.8. The average molecular weight is 458 g/mol. The lowest BCUT2D eigenvalue weighted by atomic mass is 10.4. The van der Waals surface area contributed by atoms with Crippen molar-refractivity contribution in [3.63, 3.8) is 0 Å². The quantitative estimate of drug-likeness (QED) is 0.130. The number of nitrogens with one attached hydrogen (secondary N) is 2. The molecule has 30 heavy (non-hydrogen) atoms. The van der Waals surface area contributed by atoms with Crippen LogP contribution in [-0.2, 0) is 46.9 Å². The predicted octanol–water partition coefficient (Wildman–Crippen LogP) is -1.02. The summed E-state index contributed by atoms with van der Waals surface area (Å²) in [7, 11) is -2.67. The lowest BCUT2D eigenvalue weighted by Gasteiger charge is -2.18. The van der Waals surface area contributed by atoms with Crippen molar-refractivity contribution in [3.8, 4) is 0 Å². The minimum Gasteiger partial charge on any atom is -0.462 e. The molecule has 0 aliphatic heterocycles. The van der Waals surface area contributed by atoms with Crippen molar-refractivity contribution in [2.45, 2.75) is 20.0 Å². The Balaban J connectivity index is 3.95. The van der Waals surface area contributed by atoms with Crippen molar-refractivity contribution in [1.29, 1.82) is 0 Å². The van der Waals surface area contributed by atoms with Gasteiger partial charge >= 0.3 is 19.8 Å². The van der Waals surface area contributed by atoms with Gasteiger partial charge in [0, 0.05) is 26.9 Å². The molecule has 0 rings (SSSR count). The molecule has 0 saturated heterocycles. The van der Waals surface area contributed by atoms with Crippen LogP contribution in [0.1, 0.15) is 13.8 Å². The highest BCUT2D eigenvalue weighted by Gasteiger charge is 2.25. The highest BCUT2D eigenvalue weighted by molar-refractivity contribution is 7.47. The number of ether oxygens (including phenoxy) is 4. The Hall–Kier alpha value is -1.60. The smallest absolute Gasteiger partial charge is 0.462 e. The molecule has 0 radical (unpaired) electrons. The van der Waals surface area contributed by atoms with Crippen LogP contribution in [0.2, 0.25) is 0 Å². The Morgan fingerprint density at radius 3 is 2.27 bits per heavy atom. The van der Waals surface area contributed by atoms with E-state index < -0.39 is 38.4 Å². The van der Waals surface area contributed by atoms with E-state index in [1.165, 1.54) is 0 Å². The fourth-order valence-corrected chi connectivity index (χ4v) is 2.49.